The molecule has 0 aliphatic carbocycles. The third kappa shape index (κ3) is 2.95. The molecule has 0 radical (unpaired) electrons. The highest BCUT2D eigenvalue weighted by Crippen LogP contribution is 2.19. The smallest absolute Gasteiger partial charge is 0.320 e. The molecule has 0 saturated carbocycles. The number of nitrogens with zero attached hydrogens (tertiary/aromatic N) is 2. The number of nitrogens with one attached hydrogen (secondary N) is 2. The number of hydrogen-bond donors (Lipinski definition) is 2. The van der Waals surface area contributed by atoms with Crippen molar-refractivity contribution >= 4 is 23.3 Å². The van der Waals surface area contributed by atoms with Gasteiger partial charge in [0.1, 0.15) is 0 Å². The maximum Gasteiger partial charge on any atom is 0.320 e. The third-order valence-electron chi connectivity index (χ3n) is 2.34. The standard InChI is InChI=1S/C11H13ClN4O/c1-7(13-2)10-15-16-11(17-10)14-9-5-3-8(12)4-6-9/h3-7,13H,1-2H3,(H,14,16). The van der Waals surface area contributed by atoms with Crippen molar-refractivity contribution in [3.8, 4) is 0 Å². The minimum Gasteiger partial charge on any atom is -0.406 e. The molecule has 2 N–H and O–H groups in total. The lowest BCUT2D eigenvalue weighted by Gasteiger charge is -2.03. The van der Waals surface area contributed by atoms with Crippen molar-refractivity contribution in [1.29, 1.82) is 0 Å². The van der Waals surface area contributed by atoms with Gasteiger partial charge in [0.2, 0.25) is 5.89 Å². The van der Waals surface area contributed by atoms with Gasteiger partial charge in [0, 0.05) is 10.7 Å². The predicted octanol–water partition coefficient (Wildman–Crippen LogP) is 2.75. The van der Waals surface area contributed by atoms with Gasteiger partial charge in [-0.3, -0.25) is 0 Å². The second kappa shape index (κ2) is 5.16. The summed E-state index contributed by atoms with van der Waals surface area (Å²) < 4.78 is 5.44. The Balaban J connectivity index is 2.08. The van der Waals surface area contributed by atoms with Crippen molar-refractivity contribution in [2.45, 2.75) is 13.0 Å². The van der Waals surface area contributed by atoms with E-state index >= 15 is 0 Å². The summed E-state index contributed by atoms with van der Waals surface area (Å²) in [5.74, 6) is 0.545. The van der Waals surface area contributed by atoms with Crippen LogP contribution in [0.3, 0.4) is 0 Å². The molecule has 1 atom stereocenters. The number of rotatable bonds is 4. The molecule has 0 spiro atoms. The van der Waals surface area contributed by atoms with Crippen LogP contribution < -0.4 is 10.6 Å². The number of aromatic nitrogens is 2. The zero-order valence-electron chi connectivity index (χ0n) is 9.57. The Morgan fingerprint density at radius 2 is 1.94 bits per heavy atom. The Morgan fingerprint density at radius 1 is 1.24 bits per heavy atom. The van der Waals surface area contributed by atoms with E-state index in [-0.39, 0.29) is 6.04 Å². The molecule has 1 aromatic carbocycles. The van der Waals surface area contributed by atoms with Crippen molar-refractivity contribution < 1.29 is 4.42 Å². The van der Waals surface area contributed by atoms with E-state index < -0.39 is 0 Å². The highest BCUT2D eigenvalue weighted by molar-refractivity contribution is 6.30. The van der Waals surface area contributed by atoms with Crippen molar-refractivity contribution in [3.63, 3.8) is 0 Å². The van der Waals surface area contributed by atoms with Crippen LogP contribution in [0.2, 0.25) is 5.02 Å². The molecule has 0 fully saturated rings. The predicted molar refractivity (Wildman–Crippen MR) is 66.5 cm³/mol. The molecule has 0 amide bonds. The van der Waals surface area contributed by atoms with Crippen LogP contribution >= 0.6 is 11.6 Å². The summed E-state index contributed by atoms with van der Waals surface area (Å²) in [6, 6.07) is 7.66. The van der Waals surface area contributed by atoms with E-state index in [2.05, 4.69) is 20.8 Å². The maximum atomic E-state index is 5.79. The van der Waals surface area contributed by atoms with Gasteiger partial charge in [-0.25, -0.2) is 0 Å². The Labute approximate surface area is 104 Å². The summed E-state index contributed by atoms with van der Waals surface area (Å²) in [6.07, 6.45) is 0. The van der Waals surface area contributed by atoms with Crippen LogP contribution in [0.1, 0.15) is 18.9 Å². The van der Waals surface area contributed by atoms with Gasteiger partial charge in [-0.1, -0.05) is 16.7 Å². The van der Waals surface area contributed by atoms with Crippen LogP contribution in [-0.4, -0.2) is 17.2 Å². The summed E-state index contributed by atoms with van der Waals surface area (Å²) in [7, 11) is 1.83. The van der Waals surface area contributed by atoms with Gasteiger partial charge in [0.15, 0.2) is 0 Å². The van der Waals surface area contributed by atoms with Crippen LogP contribution in [0.15, 0.2) is 28.7 Å². The van der Waals surface area contributed by atoms with Gasteiger partial charge >= 0.3 is 6.01 Å². The SMILES string of the molecule is CNC(C)c1nnc(Nc2ccc(Cl)cc2)o1. The fourth-order valence-electron chi connectivity index (χ4n) is 1.24. The molecule has 1 unspecified atom stereocenters. The lowest BCUT2D eigenvalue weighted by Crippen LogP contribution is -2.12. The summed E-state index contributed by atoms with van der Waals surface area (Å²) in [5.41, 5.74) is 0.849. The lowest BCUT2D eigenvalue weighted by atomic mass is 10.3. The first-order valence-corrected chi connectivity index (χ1v) is 5.60. The average Bonchev–Trinajstić information content (AvgIpc) is 2.80. The van der Waals surface area contributed by atoms with Gasteiger partial charge < -0.3 is 15.1 Å². The molecule has 90 valence electrons. The first kappa shape index (κ1) is 11.9. The molecule has 0 saturated heterocycles. The minimum absolute atomic E-state index is 0.0308. The molecule has 1 heterocycles. The summed E-state index contributed by atoms with van der Waals surface area (Å²) in [6.45, 7) is 1.94. The quantitative estimate of drug-likeness (QED) is 0.876. The van der Waals surface area contributed by atoms with E-state index in [1.165, 1.54) is 0 Å². The molecule has 5 nitrogen and oxygen atoms in total. The second-order valence-electron chi connectivity index (χ2n) is 3.59. The Morgan fingerprint density at radius 3 is 2.59 bits per heavy atom. The molecule has 2 rings (SSSR count). The molecule has 17 heavy (non-hydrogen) atoms. The van der Waals surface area contributed by atoms with Gasteiger partial charge in [-0.05, 0) is 38.2 Å². The fraction of sp³-hybridized carbons (Fsp3) is 0.273. The molecule has 6 heteroatoms. The topological polar surface area (TPSA) is 63.0 Å². The number of hydrogen-bond acceptors (Lipinski definition) is 5. The van der Waals surface area contributed by atoms with Gasteiger partial charge in [-0.2, -0.15) is 0 Å². The van der Waals surface area contributed by atoms with Crippen LogP contribution in [0.5, 0.6) is 0 Å². The molecule has 0 aliphatic heterocycles. The van der Waals surface area contributed by atoms with Crippen LogP contribution in [-0.2, 0) is 0 Å². The van der Waals surface area contributed by atoms with Crippen LogP contribution in [0.25, 0.3) is 0 Å². The van der Waals surface area contributed by atoms with Crippen molar-refractivity contribution in [3.05, 3.63) is 35.2 Å². The lowest BCUT2D eigenvalue weighted by molar-refractivity contribution is 0.443. The van der Waals surface area contributed by atoms with Crippen molar-refractivity contribution in [2.75, 3.05) is 12.4 Å². The monoisotopic (exact) mass is 252 g/mol. The first-order chi connectivity index (χ1) is 8.19. The average molecular weight is 253 g/mol. The molecule has 0 aliphatic rings. The Bertz CT molecular complexity index is 482. The maximum absolute atomic E-state index is 5.79. The van der Waals surface area contributed by atoms with E-state index in [1.54, 1.807) is 12.1 Å². The normalized spacial score (nSPS) is 12.4. The van der Waals surface area contributed by atoms with Gasteiger partial charge in [-0.15, -0.1) is 5.10 Å². The van der Waals surface area contributed by atoms with E-state index in [4.69, 9.17) is 16.0 Å². The zero-order valence-corrected chi connectivity index (χ0v) is 10.3. The van der Waals surface area contributed by atoms with Gasteiger partial charge in [0.05, 0.1) is 6.04 Å². The fourth-order valence-corrected chi connectivity index (χ4v) is 1.37. The zero-order chi connectivity index (χ0) is 12.3. The second-order valence-corrected chi connectivity index (χ2v) is 4.02. The Hall–Kier alpha value is -1.59. The van der Waals surface area contributed by atoms with E-state index in [1.807, 2.05) is 26.1 Å². The van der Waals surface area contributed by atoms with E-state index in [0.29, 0.717) is 16.9 Å². The number of benzene rings is 1. The molecule has 1 aromatic heterocycles. The largest absolute Gasteiger partial charge is 0.406 e. The molecular formula is C11H13ClN4O. The molecule has 2 aromatic rings. The van der Waals surface area contributed by atoms with Crippen molar-refractivity contribution in [2.24, 2.45) is 0 Å². The van der Waals surface area contributed by atoms with Gasteiger partial charge in [0.25, 0.3) is 0 Å². The van der Waals surface area contributed by atoms with Crippen molar-refractivity contribution in [1.82, 2.24) is 15.5 Å². The van der Waals surface area contributed by atoms with E-state index in [9.17, 15) is 0 Å². The highest BCUT2D eigenvalue weighted by Gasteiger charge is 2.11. The third-order valence-corrected chi connectivity index (χ3v) is 2.59. The first-order valence-electron chi connectivity index (χ1n) is 5.22. The highest BCUT2D eigenvalue weighted by atomic mass is 35.5. The number of halogens is 1. The summed E-state index contributed by atoms with van der Waals surface area (Å²) in [4.78, 5) is 0. The number of anilines is 2. The van der Waals surface area contributed by atoms with Crippen LogP contribution in [0, 0.1) is 0 Å². The summed E-state index contributed by atoms with van der Waals surface area (Å²) in [5, 5.41) is 14.5. The summed E-state index contributed by atoms with van der Waals surface area (Å²) >= 11 is 5.79. The van der Waals surface area contributed by atoms with E-state index in [0.717, 1.165) is 5.69 Å². The molecular weight excluding hydrogens is 240 g/mol. The minimum atomic E-state index is 0.0308. The molecule has 0 bridgehead atoms. The van der Waals surface area contributed by atoms with Crippen LogP contribution in [0.4, 0.5) is 11.7 Å². The Kier molecular flexibility index (Phi) is 3.61.